The van der Waals surface area contributed by atoms with Gasteiger partial charge in [-0.3, -0.25) is 19.2 Å². The van der Waals surface area contributed by atoms with E-state index in [1.54, 1.807) is 41.5 Å². The fourth-order valence-electron chi connectivity index (χ4n) is 7.06. The number of carbonyl (C=O) groups excluding carboxylic acids is 6. The molecule has 1 unspecified atom stereocenters. The Kier molecular flexibility index (Phi) is 13.6. The number of ketones is 1. The highest BCUT2D eigenvalue weighted by atomic mass is 32.2. The summed E-state index contributed by atoms with van der Waals surface area (Å²) in [7, 11) is -1.97. The standard InChI is InChI=1S/C38H65N7O9S/c1-15-18-39-31(48)28(46)24(19-22-16-17-22)40-30(47)27-26-23(38(26,11)12)20-45(27)32(49)29(36(5,6)7)42-33(50)41-25(35(2,3)4)21-43(13)55(52,53)44(14)34(51)54-37(8,9)10/h15,22-27,29H,1,16-21H2,2-14H3,(H,39,48)(H,40,47)(H2,41,42,50)/t23-,24?,25+,26-,27-,29+/m0/s1. The van der Waals surface area contributed by atoms with Crippen molar-refractivity contribution in [3.63, 3.8) is 0 Å². The zero-order valence-corrected chi connectivity index (χ0v) is 35.8. The molecule has 3 aliphatic rings. The number of carbonyl (C=O) groups is 6. The second-order valence-electron chi connectivity index (χ2n) is 19.1. The molecule has 3 fully saturated rings. The Morgan fingerprint density at radius 2 is 1.51 bits per heavy atom. The van der Waals surface area contributed by atoms with Crippen LogP contribution in [0.2, 0.25) is 0 Å². The SMILES string of the molecule is C=CCNC(=O)C(=O)C(CC1CC1)NC(=O)[C@@H]1[C@@H]2[C@H](CN1C(=O)[C@@H](NC(=O)N[C@H](CN(C)S(=O)(=O)N(C)C(=O)OC(C)(C)C)C(C)(C)C)C(C)(C)C)C2(C)C. The molecule has 0 spiro atoms. The lowest BCUT2D eigenvalue weighted by Crippen LogP contribution is -2.63. The number of rotatable bonds is 15. The van der Waals surface area contributed by atoms with E-state index >= 15 is 0 Å². The van der Waals surface area contributed by atoms with Crippen molar-refractivity contribution in [2.45, 2.75) is 125 Å². The predicted octanol–water partition coefficient (Wildman–Crippen LogP) is 2.80. The summed E-state index contributed by atoms with van der Waals surface area (Å²) in [6.07, 6.45) is 2.51. The second-order valence-corrected chi connectivity index (χ2v) is 21.1. The average molecular weight is 796 g/mol. The van der Waals surface area contributed by atoms with Crippen molar-refractivity contribution in [3.05, 3.63) is 12.7 Å². The summed E-state index contributed by atoms with van der Waals surface area (Å²) in [5, 5.41) is 11.0. The van der Waals surface area contributed by atoms with Crippen molar-refractivity contribution in [2.75, 3.05) is 33.7 Å². The summed E-state index contributed by atoms with van der Waals surface area (Å²) in [4.78, 5) is 82.3. The predicted molar refractivity (Wildman–Crippen MR) is 207 cm³/mol. The van der Waals surface area contributed by atoms with Crippen LogP contribution < -0.4 is 21.3 Å². The number of likely N-dealkylation sites (tertiary alicyclic amines) is 1. The van der Waals surface area contributed by atoms with Crippen molar-refractivity contribution in [1.82, 2.24) is 34.8 Å². The quantitative estimate of drug-likeness (QED) is 0.142. The smallest absolute Gasteiger partial charge is 0.424 e. The molecular weight excluding hydrogens is 731 g/mol. The number of hydrogen-bond acceptors (Lipinski definition) is 9. The number of fused-ring (bicyclic) bond motifs is 1. The van der Waals surface area contributed by atoms with Gasteiger partial charge in [0.2, 0.25) is 17.6 Å². The fourth-order valence-corrected chi connectivity index (χ4v) is 8.04. The number of hydrogen-bond donors (Lipinski definition) is 4. The molecule has 0 radical (unpaired) electrons. The van der Waals surface area contributed by atoms with Gasteiger partial charge in [-0.05, 0) is 61.2 Å². The molecule has 1 heterocycles. The van der Waals surface area contributed by atoms with E-state index in [2.05, 4.69) is 27.8 Å². The molecule has 6 atom stereocenters. The third-order valence-electron chi connectivity index (χ3n) is 10.9. The van der Waals surface area contributed by atoms with Gasteiger partial charge in [0.15, 0.2) is 0 Å². The first-order chi connectivity index (χ1) is 24.9. The van der Waals surface area contributed by atoms with Crippen molar-refractivity contribution >= 4 is 45.8 Å². The van der Waals surface area contributed by atoms with E-state index in [1.165, 1.54) is 18.0 Å². The number of Topliss-reactive ketones (excluding diaryl/α,β-unsaturated/α-hetero) is 1. The zero-order valence-electron chi connectivity index (χ0n) is 35.0. The summed E-state index contributed by atoms with van der Waals surface area (Å²) in [5.74, 6) is -2.54. The van der Waals surface area contributed by atoms with E-state index in [4.69, 9.17) is 4.74 Å². The molecule has 0 aromatic heterocycles. The first-order valence-corrected chi connectivity index (χ1v) is 20.4. The van der Waals surface area contributed by atoms with Crippen LogP contribution in [-0.4, -0.2) is 121 Å². The Bertz CT molecular complexity index is 1620. The molecule has 6 amide bonds. The Morgan fingerprint density at radius 3 is 2.00 bits per heavy atom. The minimum absolute atomic E-state index is 0.0108. The molecule has 4 N–H and O–H groups in total. The third-order valence-corrected chi connectivity index (χ3v) is 12.6. The lowest BCUT2D eigenvalue weighted by Gasteiger charge is -2.39. The molecule has 0 bridgehead atoms. The highest BCUT2D eigenvalue weighted by molar-refractivity contribution is 7.87. The number of piperidine rings is 1. The van der Waals surface area contributed by atoms with Gasteiger partial charge in [0, 0.05) is 39.8 Å². The maximum atomic E-state index is 14.5. The molecule has 312 valence electrons. The van der Waals surface area contributed by atoms with E-state index in [0.29, 0.717) is 10.7 Å². The van der Waals surface area contributed by atoms with E-state index in [0.717, 1.165) is 24.2 Å². The van der Waals surface area contributed by atoms with Gasteiger partial charge in [-0.15, -0.1) is 6.58 Å². The Balaban J connectivity index is 1.82. The third kappa shape index (κ3) is 11.2. The second kappa shape index (κ2) is 16.4. The van der Waals surface area contributed by atoms with Crippen LogP contribution in [0, 0.1) is 34.0 Å². The topological polar surface area (TPSA) is 204 Å². The Morgan fingerprint density at radius 1 is 0.927 bits per heavy atom. The van der Waals surface area contributed by atoms with E-state index < -0.39 is 86.4 Å². The summed E-state index contributed by atoms with van der Waals surface area (Å²) in [6.45, 7) is 23.4. The fraction of sp³-hybridized carbons (Fsp3) is 0.789. The molecule has 2 aliphatic carbocycles. The molecule has 17 heteroatoms. The van der Waals surface area contributed by atoms with Gasteiger partial charge < -0.3 is 30.9 Å². The number of nitrogens with one attached hydrogen (secondary N) is 4. The van der Waals surface area contributed by atoms with Crippen LogP contribution in [0.15, 0.2) is 12.7 Å². The van der Waals surface area contributed by atoms with Crippen LogP contribution in [0.4, 0.5) is 9.59 Å². The Labute approximate surface area is 327 Å². The molecule has 16 nitrogen and oxygen atoms in total. The van der Waals surface area contributed by atoms with Gasteiger partial charge in [0.05, 0.1) is 6.04 Å². The van der Waals surface area contributed by atoms with Gasteiger partial charge in [-0.2, -0.15) is 17.0 Å². The van der Waals surface area contributed by atoms with Crippen molar-refractivity contribution < 1.29 is 41.9 Å². The lowest BCUT2D eigenvalue weighted by molar-refractivity contribution is -0.145. The first-order valence-electron chi connectivity index (χ1n) is 19.0. The number of likely N-dealkylation sites (N-methyl/N-ethyl adjacent to an activating group) is 1. The monoisotopic (exact) mass is 795 g/mol. The first kappa shape index (κ1) is 45.7. The van der Waals surface area contributed by atoms with E-state index in [1.807, 2.05) is 34.6 Å². The highest BCUT2D eigenvalue weighted by Gasteiger charge is 2.70. The Hall–Kier alpha value is -3.73. The number of urea groups is 1. The van der Waals surface area contributed by atoms with Crippen LogP contribution >= 0.6 is 0 Å². The highest BCUT2D eigenvalue weighted by Crippen LogP contribution is 2.65. The number of ether oxygens (including phenoxy) is 1. The summed E-state index contributed by atoms with van der Waals surface area (Å²) in [5.41, 5.74) is -2.69. The summed E-state index contributed by atoms with van der Waals surface area (Å²) in [6, 6.07) is -4.62. The van der Waals surface area contributed by atoms with Crippen molar-refractivity contribution in [1.29, 1.82) is 0 Å². The maximum absolute atomic E-state index is 14.5. The lowest BCUT2D eigenvalue weighted by atomic mass is 9.85. The largest absolute Gasteiger partial charge is 0.443 e. The van der Waals surface area contributed by atoms with Gasteiger partial charge in [-0.1, -0.05) is 74.3 Å². The molecule has 1 saturated heterocycles. The van der Waals surface area contributed by atoms with Gasteiger partial charge in [-0.25, -0.2) is 9.59 Å². The van der Waals surface area contributed by atoms with Crippen LogP contribution in [-0.2, 0) is 34.1 Å². The molecule has 2 saturated carbocycles. The van der Waals surface area contributed by atoms with Crippen molar-refractivity contribution in [3.8, 4) is 0 Å². The number of amides is 6. The maximum Gasteiger partial charge on any atom is 0.424 e. The molecule has 55 heavy (non-hydrogen) atoms. The normalized spacial score (nSPS) is 22.4. The van der Waals surface area contributed by atoms with E-state index in [9.17, 15) is 37.2 Å². The molecule has 0 aromatic carbocycles. The van der Waals surface area contributed by atoms with E-state index in [-0.39, 0.29) is 42.8 Å². The summed E-state index contributed by atoms with van der Waals surface area (Å²) < 4.78 is 33.4. The minimum atomic E-state index is -4.35. The van der Waals surface area contributed by atoms with Crippen LogP contribution in [0.1, 0.15) is 95.4 Å². The minimum Gasteiger partial charge on any atom is -0.443 e. The van der Waals surface area contributed by atoms with Gasteiger partial charge in [0.1, 0.15) is 17.7 Å². The molecular formula is C38H65N7O9S. The number of nitrogens with zero attached hydrogens (tertiary/aromatic N) is 3. The van der Waals surface area contributed by atoms with Crippen molar-refractivity contribution in [2.24, 2.45) is 34.0 Å². The van der Waals surface area contributed by atoms with Gasteiger partial charge in [0.25, 0.3) is 5.91 Å². The van der Waals surface area contributed by atoms with Crippen LogP contribution in [0.25, 0.3) is 0 Å². The zero-order chi connectivity index (χ0) is 42.2. The molecule has 1 aliphatic heterocycles. The average Bonchev–Trinajstić information content (AvgIpc) is 3.89. The van der Waals surface area contributed by atoms with Gasteiger partial charge >= 0.3 is 22.3 Å². The van der Waals surface area contributed by atoms with Crippen LogP contribution in [0.3, 0.4) is 0 Å². The molecule has 3 rings (SSSR count). The molecule has 0 aromatic rings. The van der Waals surface area contributed by atoms with Crippen LogP contribution in [0.5, 0.6) is 0 Å². The summed E-state index contributed by atoms with van der Waals surface area (Å²) >= 11 is 0.